The molecule has 22 heavy (non-hydrogen) atoms. The van der Waals surface area contributed by atoms with Gasteiger partial charge in [-0.25, -0.2) is 5.43 Å². The second-order valence-electron chi connectivity index (χ2n) is 5.44. The molecule has 0 fully saturated rings. The first-order chi connectivity index (χ1) is 10.6. The molecule has 0 radical (unpaired) electrons. The van der Waals surface area contributed by atoms with Crippen LogP contribution in [-0.2, 0) is 0 Å². The summed E-state index contributed by atoms with van der Waals surface area (Å²) in [5.74, 6) is 0.138. The molecule has 0 heterocycles. The summed E-state index contributed by atoms with van der Waals surface area (Å²) < 4.78 is 0. The molecule has 0 aromatic heterocycles. The van der Waals surface area contributed by atoms with Gasteiger partial charge in [-0.15, -0.1) is 0 Å². The van der Waals surface area contributed by atoms with Crippen molar-refractivity contribution >= 4 is 23.2 Å². The number of hydrogen-bond acceptors (Lipinski definition) is 2. The van der Waals surface area contributed by atoms with Crippen LogP contribution in [0.4, 0.5) is 0 Å². The lowest BCUT2D eigenvalue weighted by Crippen LogP contribution is -2.21. The maximum atomic E-state index is 12.2. The number of hydrazone groups is 1. The molecule has 0 bridgehead atoms. The van der Waals surface area contributed by atoms with Gasteiger partial charge in [-0.1, -0.05) is 67.9 Å². The van der Waals surface area contributed by atoms with Crippen molar-refractivity contribution in [2.24, 2.45) is 11.0 Å². The van der Waals surface area contributed by atoms with Gasteiger partial charge >= 0.3 is 0 Å². The molecule has 0 saturated heterocycles. The van der Waals surface area contributed by atoms with E-state index in [0.29, 0.717) is 16.5 Å². The Balaban J connectivity index is 2.20. The monoisotopic (exact) mass is 314 g/mol. The zero-order chi connectivity index (χ0) is 15.9. The van der Waals surface area contributed by atoms with Gasteiger partial charge in [-0.05, 0) is 30.0 Å². The van der Waals surface area contributed by atoms with Crippen LogP contribution < -0.4 is 5.43 Å². The number of nitrogens with zero attached hydrogens (tertiary/aromatic N) is 1. The molecule has 114 valence electrons. The average molecular weight is 315 g/mol. The molecule has 0 atom stereocenters. The zero-order valence-electron chi connectivity index (χ0n) is 12.7. The van der Waals surface area contributed by atoms with Gasteiger partial charge in [0.25, 0.3) is 5.91 Å². The fourth-order valence-electron chi connectivity index (χ4n) is 2.07. The van der Waals surface area contributed by atoms with Gasteiger partial charge in [-0.3, -0.25) is 4.79 Å². The maximum Gasteiger partial charge on any atom is 0.272 e. The van der Waals surface area contributed by atoms with Crippen molar-refractivity contribution in [3.8, 4) is 0 Å². The highest BCUT2D eigenvalue weighted by Gasteiger charge is 2.11. The minimum atomic E-state index is -0.303. The van der Waals surface area contributed by atoms with E-state index in [1.165, 1.54) is 0 Å². The van der Waals surface area contributed by atoms with Crippen molar-refractivity contribution < 1.29 is 4.79 Å². The Bertz CT molecular complexity index is 666. The van der Waals surface area contributed by atoms with Gasteiger partial charge in [-0.2, -0.15) is 5.10 Å². The van der Waals surface area contributed by atoms with Crippen LogP contribution >= 0.6 is 11.6 Å². The van der Waals surface area contributed by atoms with Crippen LogP contribution in [-0.4, -0.2) is 11.6 Å². The minimum Gasteiger partial charge on any atom is -0.267 e. The summed E-state index contributed by atoms with van der Waals surface area (Å²) in [4.78, 5) is 12.2. The third-order valence-electron chi connectivity index (χ3n) is 3.12. The first kappa shape index (κ1) is 16.2. The van der Waals surface area contributed by atoms with Crippen LogP contribution in [0.2, 0.25) is 5.02 Å². The second-order valence-corrected chi connectivity index (χ2v) is 5.85. The Kier molecular flexibility index (Phi) is 5.73. The Labute approximate surface area is 136 Å². The molecule has 3 nitrogen and oxygen atoms in total. The third kappa shape index (κ3) is 4.43. The highest BCUT2D eigenvalue weighted by atomic mass is 35.5. The van der Waals surface area contributed by atoms with E-state index in [-0.39, 0.29) is 5.91 Å². The van der Waals surface area contributed by atoms with Gasteiger partial charge in [0.15, 0.2) is 0 Å². The lowest BCUT2D eigenvalue weighted by Gasteiger charge is -2.10. The quantitative estimate of drug-likeness (QED) is 0.640. The predicted octanol–water partition coefficient (Wildman–Crippen LogP) is 4.52. The zero-order valence-corrected chi connectivity index (χ0v) is 13.5. The van der Waals surface area contributed by atoms with E-state index < -0.39 is 0 Å². The normalized spacial score (nSPS) is 11.5. The molecule has 0 saturated carbocycles. The summed E-state index contributed by atoms with van der Waals surface area (Å²) in [6, 6.07) is 16.8. The standard InChI is InChI=1S/C18H19ClN2O/c1-13(2)12-17(14-8-4-3-5-9-14)20-21-18(22)15-10-6-7-11-16(15)19/h3-11,13H,12H2,1-2H3,(H,21,22). The van der Waals surface area contributed by atoms with E-state index in [0.717, 1.165) is 17.7 Å². The van der Waals surface area contributed by atoms with Crippen molar-refractivity contribution in [2.45, 2.75) is 20.3 Å². The summed E-state index contributed by atoms with van der Waals surface area (Å²) in [6.07, 6.45) is 0.785. The topological polar surface area (TPSA) is 41.5 Å². The summed E-state index contributed by atoms with van der Waals surface area (Å²) in [6.45, 7) is 4.24. The highest BCUT2D eigenvalue weighted by Crippen LogP contribution is 2.15. The lowest BCUT2D eigenvalue weighted by molar-refractivity contribution is 0.0955. The molecule has 2 rings (SSSR count). The van der Waals surface area contributed by atoms with Gasteiger partial charge in [0.2, 0.25) is 0 Å². The molecular formula is C18H19ClN2O. The third-order valence-corrected chi connectivity index (χ3v) is 3.45. The van der Waals surface area contributed by atoms with E-state index >= 15 is 0 Å². The number of nitrogens with one attached hydrogen (secondary N) is 1. The summed E-state index contributed by atoms with van der Waals surface area (Å²) >= 11 is 6.03. The average Bonchev–Trinajstić information content (AvgIpc) is 2.52. The largest absolute Gasteiger partial charge is 0.272 e. The number of amides is 1. The molecule has 0 spiro atoms. The molecule has 2 aromatic carbocycles. The smallest absolute Gasteiger partial charge is 0.267 e. The minimum absolute atomic E-state index is 0.303. The second kappa shape index (κ2) is 7.76. The molecule has 0 aliphatic heterocycles. The van der Waals surface area contributed by atoms with E-state index in [1.54, 1.807) is 24.3 Å². The van der Waals surface area contributed by atoms with Crippen LogP contribution in [0.15, 0.2) is 59.7 Å². The Morgan fingerprint density at radius 2 is 1.73 bits per heavy atom. The van der Waals surface area contributed by atoms with Gasteiger partial charge in [0.05, 0.1) is 16.3 Å². The van der Waals surface area contributed by atoms with E-state index in [1.807, 2.05) is 30.3 Å². The molecule has 4 heteroatoms. The van der Waals surface area contributed by atoms with Crippen LogP contribution in [0, 0.1) is 5.92 Å². The first-order valence-electron chi connectivity index (χ1n) is 7.24. The number of carbonyl (C=O) groups excluding carboxylic acids is 1. The Hall–Kier alpha value is -2.13. The van der Waals surface area contributed by atoms with Crippen LogP contribution in [0.1, 0.15) is 36.2 Å². The molecular weight excluding hydrogens is 296 g/mol. The molecule has 0 unspecified atom stereocenters. The van der Waals surface area contributed by atoms with Crippen molar-refractivity contribution in [3.05, 3.63) is 70.7 Å². The summed E-state index contributed by atoms with van der Waals surface area (Å²) in [7, 11) is 0. The van der Waals surface area contributed by atoms with Crippen LogP contribution in [0.5, 0.6) is 0 Å². The molecule has 1 N–H and O–H groups in total. The van der Waals surface area contributed by atoms with Crippen molar-refractivity contribution in [1.29, 1.82) is 0 Å². The number of benzene rings is 2. The first-order valence-corrected chi connectivity index (χ1v) is 7.62. The van der Waals surface area contributed by atoms with Crippen molar-refractivity contribution in [1.82, 2.24) is 5.43 Å². The van der Waals surface area contributed by atoms with E-state index in [9.17, 15) is 4.79 Å². The molecule has 0 aliphatic rings. The highest BCUT2D eigenvalue weighted by molar-refractivity contribution is 6.33. The summed E-state index contributed by atoms with van der Waals surface area (Å²) in [5, 5.41) is 4.73. The number of rotatable bonds is 5. The van der Waals surface area contributed by atoms with E-state index in [4.69, 9.17) is 11.6 Å². The lowest BCUT2D eigenvalue weighted by atomic mass is 10.0. The predicted molar refractivity (Wildman–Crippen MR) is 91.4 cm³/mol. The molecule has 2 aromatic rings. The SMILES string of the molecule is CC(C)CC(=NNC(=O)c1ccccc1Cl)c1ccccc1. The molecule has 1 amide bonds. The van der Waals surface area contributed by atoms with Gasteiger partial charge in [0.1, 0.15) is 0 Å². The maximum absolute atomic E-state index is 12.2. The fourth-order valence-corrected chi connectivity index (χ4v) is 2.29. The number of halogens is 1. The van der Waals surface area contributed by atoms with Crippen molar-refractivity contribution in [3.63, 3.8) is 0 Å². The van der Waals surface area contributed by atoms with Crippen LogP contribution in [0.3, 0.4) is 0 Å². The number of carbonyl (C=O) groups is 1. The van der Waals surface area contributed by atoms with Crippen LogP contribution in [0.25, 0.3) is 0 Å². The Morgan fingerprint density at radius 1 is 1.09 bits per heavy atom. The van der Waals surface area contributed by atoms with E-state index in [2.05, 4.69) is 24.4 Å². The van der Waals surface area contributed by atoms with Gasteiger partial charge < -0.3 is 0 Å². The number of hydrogen-bond donors (Lipinski definition) is 1. The van der Waals surface area contributed by atoms with Gasteiger partial charge in [0, 0.05) is 0 Å². The van der Waals surface area contributed by atoms with Crippen molar-refractivity contribution in [2.75, 3.05) is 0 Å². The summed E-state index contributed by atoms with van der Waals surface area (Å²) in [5.41, 5.74) is 4.90. The fraction of sp³-hybridized carbons (Fsp3) is 0.222. The molecule has 0 aliphatic carbocycles. The Morgan fingerprint density at radius 3 is 2.36 bits per heavy atom.